The van der Waals surface area contributed by atoms with Crippen LogP contribution in [0.3, 0.4) is 0 Å². The summed E-state index contributed by atoms with van der Waals surface area (Å²) in [7, 11) is 0. The van der Waals surface area contributed by atoms with E-state index in [-0.39, 0.29) is 12.5 Å². The van der Waals surface area contributed by atoms with Crippen LogP contribution >= 0.6 is 22.7 Å². The van der Waals surface area contributed by atoms with Crippen LogP contribution in [0.5, 0.6) is 0 Å². The average molecular weight is 468 g/mol. The number of carbonyl (C=O) groups is 3. The normalized spacial score (nSPS) is 15.4. The van der Waals surface area contributed by atoms with Gasteiger partial charge in [0.05, 0.1) is 12.2 Å². The Hall–Kier alpha value is -3.01. The number of aryl methyl sites for hydroxylation is 1. The van der Waals surface area contributed by atoms with Crippen molar-refractivity contribution in [2.24, 2.45) is 0 Å². The Balaban J connectivity index is 1.20. The van der Waals surface area contributed by atoms with Crippen molar-refractivity contribution in [2.75, 3.05) is 16.8 Å². The molecule has 1 unspecified atom stereocenters. The van der Waals surface area contributed by atoms with Gasteiger partial charge in [-0.2, -0.15) is 11.3 Å². The number of benzene rings is 1. The number of rotatable bonds is 5. The molecule has 2 aliphatic rings. The van der Waals surface area contributed by atoms with Crippen LogP contribution in [0.25, 0.3) is 0 Å². The predicted octanol–water partition coefficient (Wildman–Crippen LogP) is 2.98. The van der Waals surface area contributed by atoms with E-state index in [1.54, 1.807) is 0 Å². The number of anilines is 2. The van der Waals surface area contributed by atoms with Gasteiger partial charge in [0.15, 0.2) is 0 Å². The third-order valence-electron chi connectivity index (χ3n) is 5.75. The highest BCUT2D eigenvalue weighted by Crippen LogP contribution is 2.38. The zero-order valence-corrected chi connectivity index (χ0v) is 18.7. The lowest BCUT2D eigenvalue weighted by molar-refractivity contribution is -0.136. The van der Waals surface area contributed by atoms with Gasteiger partial charge in [-0.15, -0.1) is 11.3 Å². The van der Waals surface area contributed by atoms with E-state index < -0.39 is 17.9 Å². The van der Waals surface area contributed by atoms with Gasteiger partial charge in [-0.05, 0) is 70.6 Å². The van der Waals surface area contributed by atoms with Gasteiger partial charge >= 0.3 is 11.8 Å². The van der Waals surface area contributed by atoms with Crippen molar-refractivity contribution in [2.45, 2.75) is 31.9 Å². The largest absolute Gasteiger partial charge is 0.383 e. The molecule has 4 heterocycles. The third kappa shape index (κ3) is 3.94. The molecule has 5 rings (SSSR count). The SMILES string of the molecule is O=C(NCc1ccc(C(O)c2ccsc2)s1)C(=O)Nc1cc2c3c(c1)CCN3C(=O)CC2. The first-order chi connectivity index (χ1) is 15.5. The number of aliphatic hydroxyl groups excluding tert-OH is 1. The molecule has 3 N–H and O–H groups in total. The zero-order valence-electron chi connectivity index (χ0n) is 17.1. The Labute approximate surface area is 192 Å². The highest BCUT2D eigenvalue weighted by molar-refractivity contribution is 7.12. The van der Waals surface area contributed by atoms with Gasteiger partial charge in [0, 0.05) is 28.4 Å². The summed E-state index contributed by atoms with van der Waals surface area (Å²) in [6, 6.07) is 9.25. The van der Waals surface area contributed by atoms with Gasteiger partial charge in [-0.1, -0.05) is 0 Å². The second-order valence-corrected chi connectivity index (χ2v) is 9.82. The molecule has 2 aromatic heterocycles. The van der Waals surface area contributed by atoms with E-state index in [1.165, 1.54) is 22.7 Å². The highest BCUT2D eigenvalue weighted by atomic mass is 32.1. The quantitative estimate of drug-likeness (QED) is 0.503. The number of amides is 3. The summed E-state index contributed by atoms with van der Waals surface area (Å²) < 4.78 is 0. The molecule has 0 saturated carbocycles. The topological polar surface area (TPSA) is 98.7 Å². The number of nitrogens with zero attached hydrogens (tertiary/aromatic N) is 1. The van der Waals surface area contributed by atoms with Crippen molar-refractivity contribution in [3.05, 3.63) is 67.5 Å². The van der Waals surface area contributed by atoms with Crippen LogP contribution in [0.2, 0.25) is 0 Å². The lowest BCUT2D eigenvalue weighted by atomic mass is 9.98. The summed E-state index contributed by atoms with van der Waals surface area (Å²) in [4.78, 5) is 40.2. The van der Waals surface area contributed by atoms with Gasteiger partial charge in [0.1, 0.15) is 6.10 Å². The lowest BCUT2D eigenvalue weighted by Crippen LogP contribution is -2.35. The monoisotopic (exact) mass is 467 g/mol. The van der Waals surface area contributed by atoms with Crippen molar-refractivity contribution in [3.8, 4) is 0 Å². The van der Waals surface area contributed by atoms with Gasteiger partial charge in [-0.25, -0.2) is 0 Å². The van der Waals surface area contributed by atoms with Crippen LogP contribution in [0.15, 0.2) is 41.1 Å². The van der Waals surface area contributed by atoms with Gasteiger partial charge in [0.2, 0.25) is 5.91 Å². The zero-order chi connectivity index (χ0) is 22.2. The minimum absolute atomic E-state index is 0.145. The first-order valence-electron chi connectivity index (χ1n) is 10.3. The Morgan fingerprint density at radius 1 is 1.09 bits per heavy atom. The number of hydrogen-bond donors (Lipinski definition) is 3. The molecule has 2 aliphatic heterocycles. The molecule has 0 radical (unpaired) electrons. The molecule has 3 amide bonds. The highest BCUT2D eigenvalue weighted by Gasteiger charge is 2.31. The van der Waals surface area contributed by atoms with Crippen molar-refractivity contribution >= 4 is 51.8 Å². The second kappa shape index (κ2) is 8.50. The molecule has 0 bridgehead atoms. The summed E-state index contributed by atoms with van der Waals surface area (Å²) in [5.74, 6) is -1.30. The molecule has 1 aromatic carbocycles. The van der Waals surface area contributed by atoms with E-state index in [4.69, 9.17) is 0 Å². The molecule has 0 fully saturated rings. The number of thiophene rings is 2. The van der Waals surface area contributed by atoms with Gasteiger partial charge in [-0.3, -0.25) is 14.4 Å². The minimum Gasteiger partial charge on any atom is -0.383 e. The molecule has 0 aliphatic carbocycles. The van der Waals surface area contributed by atoms with Crippen molar-refractivity contribution in [1.82, 2.24) is 5.32 Å². The Morgan fingerprint density at radius 2 is 1.91 bits per heavy atom. The first-order valence-corrected chi connectivity index (χ1v) is 12.1. The number of aliphatic hydroxyl groups is 1. The molecular weight excluding hydrogens is 446 g/mol. The second-order valence-electron chi connectivity index (χ2n) is 7.84. The van der Waals surface area contributed by atoms with Crippen LogP contribution in [0.1, 0.15) is 39.0 Å². The van der Waals surface area contributed by atoms with Crippen LogP contribution in [0, 0.1) is 0 Å². The standard InChI is InChI=1S/C23H21N3O4S2/c27-19-4-1-13-9-16(10-14-5-7-26(19)20(13)14)25-23(30)22(29)24-11-17-2-3-18(32-17)21(28)15-6-8-31-12-15/h2-3,6,8-10,12,21,28H,1,4-5,7,11H2,(H,24,29)(H,25,30). The number of hydrogen-bond acceptors (Lipinski definition) is 6. The molecule has 1 atom stereocenters. The molecule has 7 nitrogen and oxygen atoms in total. The predicted molar refractivity (Wildman–Crippen MR) is 124 cm³/mol. The lowest BCUT2D eigenvalue weighted by Gasteiger charge is -2.25. The van der Waals surface area contributed by atoms with E-state index in [0.717, 1.165) is 38.6 Å². The van der Waals surface area contributed by atoms with E-state index in [1.807, 2.05) is 46.0 Å². The molecule has 0 saturated heterocycles. The van der Waals surface area contributed by atoms with Crippen molar-refractivity contribution < 1.29 is 19.5 Å². The third-order valence-corrected chi connectivity index (χ3v) is 7.59. The maximum atomic E-state index is 12.4. The molecule has 164 valence electrons. The number of nitrogens with one attached hydrogen (secondary N) is 2. The maximum Gasteiger partial charge on any atom is 0.313 e. The number of carbonyl (C=O) groups excluding carboxylic acids is 3. The Bertz CT molecular complexity index is 1200. The Morgan fingerprint density at radius 3 is 2.69 bits per heavy atom. The fraction of sp³-hybridized carbons (Fsp3) is 0.261. The van der Waals surface area contributed by atoms with E-state index >= 15 is 0 Å². The molecular formula is C23H21N3O4S2. The van der Waals surface area contributed by atoms with E-state index in [0.29, 0.717) is 25.1 Å². The van der Waals surface area contributed by atoms with Gasteiger partial charge < -0.3 is 20.6 Å². The molecule has 0 spiro atoms. The van der Waals surface area contributed by atoms with Crippen LogP contribution in [0.4, 0.5) is 11.4 Å². The van der Waals surface area contributed by atoms with Crippen LogP contribution in [-0.4, -0.2) is 29.4 Å². The van der Waals surface area contributed by atoms with Crippen LogP contribution in [-0.2, 0) is 33.8 Å². The van der Waals surface area contributed by atoms with Crippen molar-refractivity contribution in [3.63, 3.8) is 0 Å². The summed E-state index contributed by atoms with van der Waals surface area (Å²) in [6.45, 7) is 0.878. The Kier molecular flexibility index (Phi) is 5.54. The molecule has 9 heteroatoms. The summed E-state index contributed by atoms with van der Waals surface area (Å²) >= 11 is 2.92. The average Bonchev–Trinajstić information content (AvgIpc) is 3.55. The van der Waals surface area contributed by atoms with Crippen molar-refractivity contribution in [1.29, 1.82) is 0 Å². The fourth-order valence-electron chi connectivity index (χ4n) is 4.20. The summed E-state index contributed by atoms with van der Waals surface area (Å²) in [5.41, 5.74) is 4.45. The molecule has 32 heavy (non-hydrogen) atoms. The molecule has 3 aromatic rings. The van der Waals surface area contributed by atoms with E-state index in [9.17, 15) is 19.5 Å². The van der Waals surface area contributed by atoms with Crippen LogP contribution < -0.4 is 15.5 Å². The summed E-state index contributed by atoms with van der Waals surface area (Å²) in [5, 5.41) is 19.6. The smallest absolute Gasteiger partial charge is 0.313 e. The first kappa shape index (κ1) is 20.9. The van der Waals surface area contributed by atoms with Gasteiger partial charge in [0.25, 0.3) is 0 Å². The fourth-order valence-corrected chi connectivity index (χ4v) is 5.84. The maximum absolute atomic E-state index is 12.4. The minimum atomic E-state index is -0.728. The van der Waals surface area contributed by atoms with E-state index in [2.05, 4.69) is 10.6 Å². The summed E-state index contributed by atoms with van der Waals surface area (Å²) in [6.07, 6.45) is 1.17.